The van der Waals surface area contributed by atoms with Crippen LogP contribution < -0.4 is 4.90 Å². The molecule has 11 aromatic rings. The Morgan fingerprint density at radius 2 is 1.05 bits per heavy atom. The van der Waals surface area contributed by atoms with Crippen LogP contribution in [0.1, 0.15) is 25.0 Å². The van der Waals surface area contributed by atoms with E-state index < -0.39 is 0 Å². The largest absolute Gasteiger partial charge is 0.456 e. The lowest BCUT2D eigenvalue weighted by atomic mass is 9.82. The van der Waals surface area contributed by atoms with Gasteiger partial charge in [0.1, 0.15) is 16.7 Å². The Bertz CT molecular complexity index is 3430. The van der Waals surface area contributed by atoms with Crippen molar-refractivity contribution in [3.05, 3.63) is 199 Å². The van der Waals surface area contributed by atoms with Gasteiger partial charge in [0.15, 0.2) is 5.58 Å². The molecular formula is C55H37NO2. The molecule has 2 heterocycles. The lowest BCUT2D eigenvalue weighted by Crippen LogP contribution is -2.17. The molecule has 0 amide bonds. The molecule has 0 unspecified atom stereocenters. The van der Waals surface area contributed by atoms with Crippen LogP contribution in [-0.4, -0.2) is 0 Å². The van der Waals surface area contributed by atoms with Crippen LogP contribution in [0.2, 0.25) is 0 Å². The molecule has 0 N–H and O–H groups in total. The maximum atomic E-state index is 7.25. The summed E-state index contributed by atoms with van der Waals surface area (Å²) in [5.74, 6) is 0. The van der Waals surface area contributed by atoms with Crippen LogP contribution in [0.4, 0.5) is 17.1 Å². The topological polar surface area (TPSA) is 29.5 Å². The summed E-state index contributed by atoms with van der Waals surface area (Å²) in [5, 5.41) is 6.63. The number of nitrogens with zero attached hydrogens (tertiary/aromatic N) is 1. The van der Waals surface area contributed by atoms with Crippen LogP contribution in [-0.2, 0) is 5.41 Å². The van der Waals surface area contributed by atoms with Gasteiger partial charge in [0, 0.05) is 43.8 Å². The monoisotopic (exact) mass is 743 g/mol. The molecule has 0 spiro atoms. The summed E-state index contributed by atoms with van der Waals surface area (Å²) in [6.07, 6.45) is 0. The molecule has 1 aliphatic rings. The molecule has 0 saturated heterocycles. The number of hydrogen-bond donors (Lipinski definition) is 0. The van der Waals surface area contributed by atoms with Crippen LogP contribution >= 0.6 is 0 Å². The van der Waals surface area contributed by atoms with Crippen LogP contribution in [0, 0.1) is 0 Å². The molecule has 0 aliphatic heterocycles. The van der Waals surface area contributed by atoms with Crippen molar-refractivity contribution in [2.75, 3.05) is 4.90 Å². The van der Waals surface area contributed by atoms with Gasteiger partial charge in [-0.05, 0) is 86.6 Å². The second-order valence-electron chi connectivity index (χ2n) is 16.0. The van der Waals surface area contributed by atoms with Gasteiger partial charge in [-0.15, -0.1) is 0 Å². The Balaban J connectivity index is 1.24. The fourth-order valence-corrected chi connectivity index (χ4v) is 9.78. The summed E-state index contributed by atoms with van der Waals surface area (Å²) >= 11 is 0. The maximum Gasteiger partial charge on any atom is 0.160 e. The van der Waals surface area contributed by atoms with E-state index in [1.807, 2.05) is 18.2 Å². The second kappa shape index (κ2) is 12.3. The van der Waals surface area contributed by atoms with Crippen LogP contribution in [0.5, 0.6) is 0 Å². The molecule has 0 atom stereocenters. The molecule has 274 valence electrons. The van der Waals surface area contributed by atoms with Gasteiger partial charge >= 0.3 is 0 Å². The summed E-state index contributed by atoms with van der Waals surface area (Å²) in [5.41, 5.74) is 16.1. The summed E-state index contributed by atoms with van der Waals surface area (Å²) < 4.78 is 13.7. The molecular weight excluding hydrogens is 707 g/mol. The van der Waals surface area contributed by atoms with Gasteiger partial charge in [0.2, 0.25) is 0 Å². The Morgan fingerprint density at radius 1 is 0.414 bits per heavy atom. The third kappa shape index (κ3) is 4.68. The van der Waals surface area contributed by atoms with Gasteiger partial charge in [0.05, 0.1) is 11.4 Å². The minimum atomic E-state index is -0.190. The van der Waals surface area contributed by atoms with Gasteiger partial charge in [0.25, 0.3) is 0 Å². The summed E-state index contributed by atoms with van der Waals surface area (Å²) in [4.78, 5) is 2.47. The first-order chi connectivity index (χ1) is 28.5. The SMILES string of the molecule is CC1(C)c2ccccc2-c2ccc(N(c3ccccc3-c3ccccc3)c3c(-c4cccc5ccccc45)ccc4c3oc3ccc5oc6ccccc6c5c34)cc21. The van der Waals surface area contributed by atoms with Crippen molar-refractivity contribution in [3.8, 4) is 33.4 Å². The van der Waals surface area contributed by atoms with Gasteiger partial charge in [-0.25, -0.2) is 0 Å². The lowest BCUT2D eigenvalue weighted by Gasteiger charge is -2.31. The predicted octanol–water partition coefficient (Wildman–Crippen LogP) is 15.7. The first kappa shape index (κ1) is 32.8. The zero-order chi connectivity index (χ0) is 38.5. The Morgan fingerprint density at radius 3 is 1.93 bits per heavy atom. The van der Waals surface area contributed by atoms with Crippen molar-refractivity contribution in [3.63, 3.8) is 0 Å². The van der Waals surface area contributed by atoms with Crippen molar-refractivity contribution in [2.45, 2.75) is 19.3 Å². The summed E-state index contributed by atoms with van der Waals surface area (Å²) in [6.45, 7) is 4.71. The third-order valence-corrected chi connectivity index (χ3v) is 12.5. The van der Waals surface area contributed by atoms with Crippen molar-refractivity contribution in [1.82, 2.24) is 0 Å². The van der Waals surface area contributed by atoms with Crippen molar-refractivity contribution in [2.24, 2.45) is 0 Å². The van der Waals surface area contributed by atoms with Gasteiger partial charge in [-0.2, -0.15) is 0 Å². The van der Waals surface area contributed by atoms with Crippen LogP contribution in [0.15, 0.2) is 197 Å². The van der Waals surface area contributed by atoms with Gasteiger partial charge in [-0.1, -0.05) is 159 Å². The maximum absolute atomic E-state index is 7.25. The Kier molecular flexibility index (Phi) is 6.98. The average molecular weight is 744 g/mol. The van der Waals surface area contributed by atoms with E-state index in [1.165, 1.54) is 33.0 Å². The molecule has 0 radical (unpaired) electrons. The quantitative estimate of drug-likeness (QED) is 0.176. The molecule has 0 fully saturated rings. The highest BCUT2D eigenvalue weighted by molar-refractivity contribution is 6.28. The van der Waals surface area contributed by atoms with E-state index in [2.05, 4.69) is 189 Å². The van der Waals surface area contributed by atoms with Gasteiger partial charge < -0.3 is 13.7 Å². The van der Waals surface area contributed by atoms with E-state index in [1.54, 1.807) is 0 Å². The standard InChI is InChI=1S/C55H37NO2/c1-55(2)45-24-11-8-21-40(45)41-28-27-36(33-46(41)55)56(47-25-12-9-20-38(47)35-15-4-3-5-16-35)53-42(39-23-14-18-34-17-6-7-19-37(34)39)29-30-44-52-50(58-54(44)53)32-31-49-51(52)43-22-10-13-26-48(43)57-49/h3-33H,1-2H3. The van der Waals surface area contributed by atoms with E-state index in [-0.39, 0.29) is 5.41 Å². The number of rotatable bonds is 5. The number of hydrogen-bond acceptors (Lipinski definition) is 3. The average Bonchev–Trinajstić information content (AvgIpc) is 3.92. The lowest BCUT2D eigenvalue weighted by molar-refractivity contribution is 0.660. The molecule has 2 aromatic heterocycles. The van der Waals surface area contributed by atoms with E-state index in [0.717, 1.165) is 83.2 Å². The van der Waals surface area contributed by atoms with Crippen LogP contribution in [0.25, 0.3) is 88.0 Å². The molecule has 3 heteroatoms. The molecule has 58 heavy (non-hydrogen) atoms. The van der Waals surface area contributed by atoms with Gasteiger partial charge in [-0.3, -0.25) is 0 Å². The van der Waals surface area contributed by atoms with E-state index >= 15 is 0 Å². The number of fused-ring (bicyclic) bond motifs is 11. The molecule has 1 aliphatic carbocycles. The Hall–Kier alpha value is -7.36. The zero-order valence-corrected chi connectivity index (χ0v) is 32.2. The number of anilines is 3. The van der Waals surface area contributed by atoms with Crippen molar-refractivity contribution >= 4 is 71.7 Å². The number of furan rings is 2. The highest BCUT2D eigenvalue weighted by Gasteiger charge is 2.36. The van der Waals surface area contributed by atoms with Crippen molar-refractivity contribution < 1.29 is 8.83 Å². The number of benzene rings is 9. The van der Waals surface area contributed by atoms with E-state index in [4.69, 9.17) is 8.83 Å². The smallest absolute Gasteiger partial charge is 0.160 e. The first-order valence-corrected chi connectivity index (χ1v) is 20.0. The Labute approximate surface area is 336 Å². The fourth-order valence-electron chi connectivity index (χ4n) is 9.78. The normalized spacial score (nSPS) is 13.1. The second-order valence-corrected chi connectivity index (χ2v) is 16.0. The highest BCUT2D eigenvalue weighted by atomic mass is 16.3. The molecule has 12 rings (SSSR count). The number of para-hydroxylation sites is 2. The minimum Gasteiger partial charge on any atom is -0.456 e. The van der Waals surface area contributed by atoms with E-state index in [0.29, 0.717) is 0 Å². The van der Waals surface area contributed by atoms with E-state index in [9.17, 15) is 0 Å². The summed E-state index contributed by atoms with van der Waals surface area (Å²) in [6, 6.07) is 67.7. The first-order valence-electron chi connectivity index (χ1n) is 20.0. The predicted molar refractivity (Wildman–Crippen MR) is 242 cm³/mol. The minimum absolute atomic E-state index is 0.190. The van der Waals surface area contributed by atoms with Crippen LogP contribution in [0.3, 0.4) is 0 Å². The van der Waals surface area contributed by atoms with Crippen molar-refractivity contribution in [1.29, 1.82) is 0 Å². The molecule has 0 bridgehead atoms. The fraction of sp³-hybridized carbons (Fsp3) is 0.0545. The third-order valence-electron chi connectivity index (χ3n) is 12.5. The molecule has 3 nitrogen and oxygen atoms in total. The summed E-state index contributed by atoms with van der Waals surface area (Å²) in [7, 11) is 0. The molecule has 0 saturated carbocycles. The highest BCUT2D eigenvalue weighted by Crippen LogP contribution is 2.55. The zero-order valence-electron chi connectivity index (χ0n) is 32.2. The molecule has 9 aromatic carbocycles.